The lowest BCUT2D eigenvalue weighted by molar-refractivity contribution is -0.385. The molecule has 0 bridgehead atoms. The fourth-order valence-corrected chi connectivity index (χ4v) is 2.55. The van der Waals surface area contributed by atoms with E-state index < -0.39 is 4.92 Å². The topological polar surface area (TPSA) is 52.4 Å². The summed E-state index contributed by atoms with van der Waals surface area (Å²) in [6.07, 6.45) is 0. The van der Waals surface area contributed by atoms with E-state index in [2.05, 4.69) is 15.9 Å². The van der Waals surface area contributed by atoms with Crippen LogP contribution in [-0.4, -0.2) is 4.92 Å². The molecule has 2 aromatic carbocycles. The van der Waals surface area contributed by atoms with Gasteiger partial charge in [-0.3, -0.25) is 10.1 Å². The Morgan fingerprint density at radius 1 is 1.25 bits per heavy atom. The Balaban J connectivity index is 2.19. The van der Waals surface area contributed by atoms with Gasteiger partial charge in [-0.25, -0.2) is 0 Å². The lowest BCUT2D eigenvalue weighted by Crippen LogP contribution is -1.99. The second-order valence-corrected chi connectivity index (χ2v) is 5.51. The maximum Gasteiger partial charge on any atom is 0.283 e. The first-order valence-electron chi connectivity index (χ1n) is 5.48. The minimum atomic E-state index is -0.456. The van der Waals surface area contributed by atoms with Crippen LogP contribution < -0.4 is 4.74 Å². The molecule has 0 aliphatic heterocycles. The van der Waals surface area contributed by atoms with Crippen molar-refractivity contribution >= 4 is 44.8 Å². The Hall–Kier alpha value is -1.30. The molecule has 0 unspecified atom stereocenters. The smallest absolute Gasteiger partial charge is 0.283 e. The van der Waals surface area contributed by atoms with Gasteiger partial charge >= 0.3 is 0 Å². The highest BCUT2D eigenvalue weighted by Crippen LogP contribution is 2.31. The highest BCUT2D eigenvalue weighted by atomic mass is 79.9. The van der Waals surface area contributed by atoms with Crippen LogP contribution in [-0.2, 0) is 6.61 Å². The Kier molecular flexibility index (Phi) is 4.86. The van der Waals surface area contributed by atoms with E-state index in [9.17, 15) is 10.1 Å². The van der Waals surface area contributed by atoms with Crippen LogP contribution in [0, 0.1) is 10.1 Å². The predicted molar refractivity (Wildman–Crippen MR) is 81.6 cm³/mol. The fourth-order valence-electron chi connectivity index (χ4n) is 1.57. The van der Waals surface area contributed by atoms with Gasteiger partial charge in [-0.1, -0.05) is 35.3 Å². The van der Waals surface area contributed by atoms with Gasteiger partial charge in [0, 0.05) is 16.7 Å². The molecule has 0 N–H and O–H groups in total. The molecule has 2 aromatic rings. The molecule has 0 aliphatic rings. The number of nitro benzene ring substituents is 1. The number of ether oxygens (including phenoxy) is 1. The maximum absolute atomic E-state index is 10.8. The van der Waals surface area contributed by atoms with E-state index in [0.29, 0.717) is 25.8 Å². The highest BCUT2D eigenvalue weighted by molar-refractivity contribution is 9.10. The maximum atomic E-state index is 10.8. The molecule has 7 heteroatoms. The minimum absolute atomic E-state index is 0.00620. The summed E-state index contributed by atoms with van der Waals surface area (Å²) in [5.74, 6) is 0.467. The van der Waals surface area contributed by atoms with Crippen LogP contribution in [0.1, 0.15) is 5.56 Å². The summed E-state index contributed by atoms with van der Waals surface area (Å²) in [5, 5.41) is 11.7. The van der Waals surface area contributed by atoms with Crippen molar-refractivity contribution in [3.63, 3.8) is 0 Å². The van der Waals surface area contributed by atoms with E-state index in [4.69, 9.17) is 27.9 Å². The van der Waals surface area contributed by atoms with Gasteiger partial charge in [0.25, 0.3) is 5.69 Å². The molecule has 20 heavy (non-hydrogen) atoms. The Morgan fingerprint density at radius 3 is 2.65 bits per heavy atom. The van der Waals surface area contributed by atoms with E-state index in [0.717, 1.165) is 0 Å². The number of nitro groups is 1. The number of hydrogen-bond donors (Lipinski definition) is 0. The molecular weight excluding hydrogens is 369 g/mol. The zero-order valence-corrected chi connectivity index (χ0v) is 13.1. The second kappa shape index (κ2) is 6.43. The zero-order chi connectivity index (χ0) is 14.7. The SMILES string of the molecule is O=[N+]([O-])c1cccc(COc2ccc(Cl)cc2Cl)c1Br. The zero-order valence-electron chi connectivity index (χ0n) is 9.98. The third-order valence-corrected chi connectivity index (χ3v) is 3.98. The van der Waals surface area contributed by atoms with Gasteiger partial charge in [0.2, 0.25) is 0 Å². The molecule has 4 nitrogen and oxygen atoms in total. The van der Waals surface area contributed by atoms with Gasteiger partial charge in [-0.2, -0.15) is 0 Å². The molecule has 0 aromatic heterocycles. The minimum Gasteiger partial charge on any atom is -0.487 e. The molecule has 0 radical (unpaired) electrons. The summed E-state index contributed by atoms with van der Waals surface area (Å²) in [6, 6.07) is 9.64. The van der Waals surface area contributed by atoms with Gasteiger partial charge < -0.3 is 4.74 Å². The third-order valence-electron chi connectivity index (χ3n) is 2.53. The average molecular weight is 377 g/mol. The highest BCUT2D eigenvalue weighted by Gasteiger charge is 2.15. The van der Waals surface area contributed by atoms with Crippen molar-refractivity contribution in [2.75, 3.05) is 0 Å². The van der Waals surface area contributed by atoms with Crippen LogP contribution in [0.15, 0.2) is 40.9 Å². The molecule has 0 aliphatic carbocycles. The van der Waals surface area contributed by atoms with E-state index in [1.807, 2.05) is 0 Å². The monoisotopic (exact) mass is 375 g/mol. The van der Waals surface area contributed by atoms with E-state index in [1.54, 1.807) is 30.3 Å². The Bertz CT molecular complexity index is 664. The van der Waals surface area contributed by atoms with Crippen LogP contribution in [0.5, 0.6) is 5.75 Å². The molecule has 0 spiro atoms. The van der Waals surface area contributed by atoms with Crippen molar-refractivity contribution in [1.82, 2.24) is 0 Å². The summed E-state index contributed by atoms with van der Waals surface area (Å²) in [4.78, 5) is 10.4. The van der Waals surface area contributed by atoms with Crippen LogP contribution in [0.25, 0.3) is 0 Å². The van der Waals surface area contributed by atoms with Crippen molar-refractivity contribution < 1.29 is 9.66 Å². The molecule has 2 rings (SSSR count). The Morgan fingerprint density at radius 2 is 2.00 bits per heavy atom. The van der Waals surface area contributed by atoms with Crippen LogP contribution in [0.2, 0.25) is 10.0 Å². The van der Waals surface area contributed by atoms with Crippen molar-refractivity contribution in [2.24, 2.45) is 0 Å². The summed E-state index contributed by atoms with van der Waals surface area (Å²) in [7, 11) is 0. The quantitative estimate of drug-likeness (QED) is 0.541. The average Bonchev–Trinajstić information content (AvgIpc) is 2.39. The lowest BCUT2D eigenvalue weighted by atomic mass is 10.2. The van der Waals surface area contributed by atoms with Gasteiger partial charge in [-0.15, -0.1) is 0 Å². The molecule has 0 atom stereocenters. The summed E-state index contributed by atoms with van der Waals surface area (Å²) in [6.45, 7) is 0.156. The molecule has 0 saturated carbocycles. The normalized spacial score (nSPS) is 10.3. The van der Waals surface area contributed by atoms with E-state index >= 15 is 0 Å². The van der Waals surface area contributed by atoms with Gasteiger partial charge in [0.05, 0.1) is 9.95 Å². The summed E-state index contributed by atoms with van der Waals surface area (Å²) in [5.41, 5.74) is 0.651. The second-order valence-electron chi connectivity index (χ2n) is 3.87. The molecule has 104 valence electrons. The molecule has 0 amide bonds. The van der Waals surface area contributed by atoms with Crippen molar-refractivity contribution in [3.05, 3.63) is 66.6 Å². The first-order chi connectivity index (χ1) is 9.49. The van der Waals surface area contributed by atoms with Crippen molar-refractivity contribution in [3.8, 4) is 5.75 Å². The van der Waals surface area contributed by atoms with Crippen LogP contribution in [0.3, 0.4) is 0 Å². The summed E-state index contributed by atoms with van der Waals surface area (Å²) >= 11 is 15.0. The molecular formula is C13H8BrCl2NO3. The number of nitrogens with zero attached hydrogens (tertiary/aromatic N) is 1. The van der Waals surface area contributed by atoms with E-state index in [-0.39, 0.29) is 12.3 Å². The number of rotatable bonds is 4. The first-order valence-corrected chi connectivity index (χ1v) is 7.03. The largest absolute Gasteiger partial charge is 0.487 e. The first kappa shape index (κ1) is 15.1. The van der Waals surface area contributed by atoms with Crippen molar-refractivity contribution in [1.29, 1.82) is 0 Å². The van der Waals surface area contributed by atoms with Crippen molar-refractivity contribution in [2.45, 2.75) is 6.61 Å². The molecule has 0 fully saturated rings. The molecule has 0 heterocycles. The predicted octanol–water partition coefficient (Wildman–Crippen LogP) is 5.24. The lowest BCUT2D eigenvalue weighted by Gasteiger charge is -2.09. The van der Waals surface area contributed by atoms with E-state index in [1.165, 1.54) is 6.07 Å². The van der Waals surface area contributed by atoms with Gasteiger partial charge in [0.15, 0.2) is 0 Å². The third kappa shape index (κ3) is 3.42. The van der Waals surface area contributed by atoms with Crippen LogP contribution >= 0.6 is 39.1 Å². The number of hydrogen-bond acceptors (Lipinski definition) is 3. The number of halogens is 3. The fraction of sp³-hybridized carbons (Fsp3) is 0.0769. The van der Waals surface area contributed by atoms with Crippen LogP contribution in [0.4, 0.5) is 5.69 Å². The Labute approximate surface area is 133 Å². The number of benzene rings is 2. The summed E-state index contributed by atoms with van der Waals surface area (Å²) < 4.78 is 5.95. The molecule has 0 saturated heterocycles. The standard InChI is InChI=1S/C13H8BrCl2NO3/c14-13-8(2-1-3-11(13)17(18)19)7-20-12-5-4-9(15)6-10(12)16/h1-6H,7H2. The van der Waals surface area contributed by atoms with Gasteiger partial charge in [0.1, 0.15) is 16.8 Å². The van der Waals surface area contributed by atoms with Gasteiger partial charge in [-0.05, 0) is 34.1 Å².